The highest BCUT2D eigenvalue weighted by Crippen LogP contribution is 2.60. The van der Waals surface area contributed by atoms with Gasteiger partial charge in [0.15, 0.2) is 0 Å². The molecular weight excluding hydrogens is 508 g/mol. The minimum Gasteiger partial charge on any atom is -0.333 e. The number of nitrogens with zero attached hydrogens (tertiary/aromatic N) is 3. The molecule has 4 saturated carbocycles. The van der Waals surface area contributed by atoms with E-state index in [4.69, 9.17) is 5.10 Å². The Morgan fingerprint density at radius 1 is 0.951 bits per heavy atom. The fourth-order valence-corrected chi connectivity index (χ4v) is 8.05. The van der Waals surface area contributed by atoms with E-state index < -0.39 is 0 Å². The van der Waals surface area contributed by atoms with E-state index in [-0.39, 0.29) is 29.2 Å². The van der Waals surface area contributed by atoms with E-state index in [1.54, 1.807) is 0 Å². The molecule has 2 aromatic carbocycles. The van der Waals surface area contributed by atoms with E-state index in [2.05, 4.69) is 51.2 Å². The second kappa shape index (κ2) is 10.8. The summed E-state index contributed by atoms with van der Waals surface area (Å²) in [4.78, 5) is 30.0. The monoisotopic (exact) mass is 552 g/mol. The smallest absolute Gasteiger partial charge is 0.245 e. The topological polar surface area (TPSA) is 67.2 Å². The zero-order chi connectivity index (χ0) is 28.8. The van der Waals surface area contributed by atoms with Gasteiger partial charge in [0.1, 0.15) is 5.82 Å². The van der Waals surface area contributed by atoms with E-state index in [0.29, 0.717) is 30.1 Å². The average molecular weight is 553 g/mol. The highest BCUT2D eigenvalue weighted by atomic mass is 16.2. The molecule has 4 aliphatic carbocycles. The maximum atomic E-state index is 14.4. The molecule has 4 aliphatic rings. The number of aryl methyl sites for hydroxylation is 1. The molecule has 0 radical (unpaired) electrons. The Kier molecular flexibility index (Phi) is 7.29. The number of carbonyl (C=O) groups excluding carboxylic acids is 2. The average Bonchev–Trinajstić information content (AvgIpc) is 3.35. The zero-order valence-corrected chi connectivity index (χ0v) is 25.0. The molecule has 41 heavy (non-hydrogen) atoms. The van der Waals surface area contributed by atoms with Crippen molar-refractivity contribution in [3.8, 4) is 5.69 Å². The molecule has 0 spiro atoms. The summed E-state index contributed by atoms with van der Waals surface area (Å²) < 4.78 is 1.84. The third-order valence-electron chi connectivity index (χ3n) is 9.72. The summed E-state index contributed by atoms with van der Waals surface area (Å²) in [5.41, 5.74) is 3.64. The van der Waals surface area contributed by atoms with Crippen molar-refractivity contribution in [1.29, 1.82) is 0 Å². The summed E-state index contributed by atoms with van der Waals surface area (Å²) in [6.45, 7) is 9.02. The molecule has 6 heteroatoms. The lowest BCUT2D eigenvalue weighted by atomic mass is 9.49. The molecular formula is C35H44N4O2. The predicted octanol–water partition coefficient (Wildman–Crippen LogP) is 6.70. The molecule has 4 fully saturated rings. The first-order valence-electron chi connectivity index (χ1n) is 15.4. The third-order valence-corrected chi connectivity index (χ3v) is 9.72. The number of benzene rings is 2. The summed E-state index contributed by atoms with van der Waals surface area (Å²) in [5.74, 6) is 2.69. The predicted molar refractivity (Wildman–Crippen MR) is 163 cm³/mol. The zero-order valence-electron chi connectivity index (χ0n) is 25.0. The second-order valence-corrected chi connectivity index (χ2v) is 14.1. The molecule has 0 saturated heterocycles. The number of carbonyl (C=O) groups is 2. The number of para-hydroxylation sites is 1. The molecule has 0 aliphatic heterocycles. The van der Waals surface area contributed by atoms with Gasteiger partial charge in [-0.15, -0.1) is 0 Å². The van der Waals surface area contributed by atoms with E-state index in [0.717, 1.165) is 42.6 Å². The molecule has 2 amide bonds. The molecule has 1 N–H and O–H groups in total. The van der Waals surface area contributed by atoms with Gasteiger partial charge < -0.3 is 10.2 Å². The molecule has 4 bridgehead atoms. The van der Waals surface area contributed by atoms with Crippen LogP contribution in [0.3, 0.4) is 0 Å². The number of anilines is 1. The number of amides is 2. The molecule has 0 atom stereocenters. The van der Waals surface area contributed by atoms with Crippen molar-refractivity contribution >= 4 is 17.6 Å². The van der Waals surface area contributed by atoms with Crippen molar-refractivity contribution in [1.82, 2.24) is 14.7 Å². The molecule has 0 unspecified atom stereocenters. The van der Waals surface area contributed by atoms with Crippen LogP contribution >= 0.6 is 0 Å². The van der Waals surface area contributed by atoms with Gasteiger partial charge in [0, 0.05) is 18.0 Å². The Morgan fingerprint density at radius 2 is 1.56 bits per heavy atom. The highest BCUT2D eigenvalue weighted by Gasteiger charge is 2.55. The Hall–Kier alpha value is -3.41. The van der Waals surface area contributed by atoms with Gasteiger partial charge in [0.25, 0.3) is 0 Å². The lowest BCUT2D eigenvalue weighted by molar-refractivity contribution is -0.158. The van der Waals surface area contributed by atoms with Crippen LogP contribution in [0.1, 0.15) is 76.1 Å². The number of hydrogen-bond acceptors (Lipinski definition) is 3. The summed E-state index contributed by atoms with van der Waals surface area (Å²) in [5, 5.41) is 8.06. The Morgan fingerprint density at radius 3 is 2.17 bits per heavy atom. The first-order valence-corrected chi connectivity index (χ1v) is 15.4. The maximum absolute atomic E-state index is 14.4. The molecule has 216 valence electrons. The van der Waals surface area contributed by atoms with E-state index in [9.17, 15) is 9.59 Å². The third kappa shape index (κ3) is 5.71. The number of rotatable bonds is 8. The molecule has 6 nitrogen and oxygen atoms in total. The van der Waals surface area contributed by atoms with E-state index in [1.807, 2.05) is 52.0 Å². The number of aromatic nitrogens is 2. The molecule has 3 aromatic rings. The van der Waals surface area contributed by atoms with Crippen LogP contribution in [0.25, 0.3) is 5.69 Å². The van der Waals surface area contributed by atoms with Crippen LogP contribution in [-0.4, -0.2) is 39.6 Å². The lowest BCUT2D eigenvalue weighted by Crippen LogP contribution is -2.55. The first-order chi connectivity index (χ1) is 19.6. The fraction of sp³-hybridized carbons (Fsp3) is 0.514. The van der Waals surface area contributed by atoms with Crippen molar-refractivity contribution < 1.29 is 9.59 Å². The Balaban J connectivity index is 1.26. The van der Waals surface area contributed by atoms with Gasteiger partial charge in [0.05, 0.1) is 23.3 Å². The summed E-state index contributed by atoms with van der Waals surface area (Å²) in [6.07, 6.45) is 7.59. The van der Waals surface area contributed by atoms with Gasteiger partial charge in [-0.25, -0.2) is 4.68 Å². The van der Waals surface area contributed by atoms with Crippen molar-refractivity contribution in [3.63, 3.8) is 0 Å². The first kappa shape index (κ1) is 27.7. The van der Waals surface area contributed by atoms with E-state index >= 15 is 0 Å². The minimum absolute atomic E-state index is 0.0528. The van der Waals surface area contributed by atoms with Crippen molar-refractivity contribution in [2.45, 2.75) is 78.1 Å². The Bertz CT molecular complexity index is 1380. The standard InChI is InChI=1S/C35H44N4O2/c1-24-10-8-9-13-29(24)39-31(19-30(37-39)34(2,3)4)36-32(40)23-38(15-14-25-11-6-5-7-12-25)33(41)35-20-26-16-27(21-35)18-28(17-26)22-35/h5-13,19,26-28H,14-18,20-23H2,1-4H3,(H,36,40). The van der Waals surface area contributed by atoms with Crippen LogP contribution in [-0.2, 0) is 21.4 Å². The number of nitrogens with one attached hydrogen (secondary N) is 1. The minimum atomic E-state index is -0.284. The summed E-state index contributed by atoms with van der Waals surface area (Å²) >= 11 is 0. The summed E-state index contributed by atoms with van der Waals surface area (Å²) in [7, 11) is 0. The van der Waals surface area contributed by atoms with Crippen LogP contribution in [0.5, 0.6) is 0 Å². The normalized spacial score (nSPS) is 24.8. The molecule has 1 heterocycles. The van der Waals surface area contributed by atoms with E-state index in [1.165, 1.54) is 24.8 Å². The quantitative estimate of drug-likeness (QED) is 0.338. The van der Waals surface area contributed by atoms with Gasteiger partial charge in [-0.1, -0.05) is 69.3 Å². The lowest BCUT2D eigenvalue weighted by Gasteiger charge is -2.56. The van der Waals surface area contributed by atoms with Crippen molar-refractivity contribution in [3.05, 3.63) is 77.5 Å². The number of hydrogen-bond donors (Lipinski definition) is 1. The van der Waals surface area contributed by atoms with Crippen LogP contribution < -0.4 is 5.32 Å². The van der Waals surface area contributed by atoms with Crippen LogP contribution in [0.4, 0.5) is 5.82 Å². The Labute approximate surface area is 244 Å². The SMILES string of the molecule is Cc1ccccc1-n1nc(C(C)(C)C)cc1NC(=O)CN(CCc1ccccc1)C(=O)C12CC3CC(CC(C3)C1)C2. The van der Waals surface area contributed by atoms with Gasteiger partial charge in [-0.3, -0.25) is 9.59 Å². The van der Waals surface area contributed by atoms with Gasteiger partial charge >= 0.3 is 0 Å². The fourth-order valence-electron chi connectivity index (χ4n) is 8.05. The largest absolute Gasteiger partial charge is 0.333 e. The van der Waals surface area contributed by atoms with Crippen LogP contribution in [0.15, 0.2) is 60.7 Å². The maximum Gasteiger partial charge on any atom is 0.245 e. The van der Waals surface area contributed by atoms with Crippen LogP contribution in [0, 0.1) is 30.1 Å². The van der Waals surface area contributed by atoms with Crippen LogP contribution in [0.2, 0.25) is 0 Å². The van der Waals surface area contributed by atoms with Gasteiger partial charge in [-0.2, -0.15) is 5.10 Å². The molecule has 1 aromatic heterocycles. The van der Waals surface area contributed by atoms with Gasteiger partial charge in [-0.05, 0) is 86.8 Å². The second-order valence-electron chi connectivity index (χ2n) is 14.1. The van der Waals surface area contributed by atoms with Crippen molar-refractivity contribution in [2.24, 2.45) is 23.2 Å². The van der Waals surface area contributed by atoms with Crippen molar-refractivity contribution in [2.75, 3.05) is 18.4 Å². The van der Waals surface area contributed by atoms with Gasteiger partial charge in [0.2, 0.25) is 11.8 Å². The molecule has 7 rings (SSSR count). The highest BCUT2D eigenvalue weighted by molar-refractivity contribution is 5.95. The summed E-state index contributed by atoms with van der Waals surface area (Å²) in [6, 6.07) is 20.3.